The van der Waals surface area contributed by atoms with Crippen molar-refractivity contribution in [1.29, 1.82) is 0 Å². The van der Waals surface area contributed by atoms with E-state index in [0.29, 0.717) is 36.4 Å². The first kappa shape index (κ1) is 17.4. The van der Waals surface area contributed by atoms with Gasteiger partial charge in [0.05, 0.1) is 16.6 Å². The molecule has 2 aromatic carbocycles. The van der Waals surface area contributed by atoms with Crippen molar-refractivity contribution >= 4 is 22.8 Å². The second kappa shape index (κ2) is 6.61. The smallest absolute Gasteiger partial charge is 0.342 e. The Morgan fingerprint density at radius 3 is 2.70 bits per heavy atom. The van der Waals surface area contributed by atoms with Crippen molar-refractivity contribution < 1.29 is 18.0 Å². The fourth-order valence-electron chi connectivity index (χ4n) is 3.29. The molecular formula is C19H17F3N4O. The summed E-state index contributed by atoms with van der Waals surface area (Å²) in [5.41, 5.74) is 0.854. The number of alkyl halides is 3. The second-order valence-corrected chi connectivity index (χ2v) is 6.58. The number of para-hydroxylation sites is 1. The molecule has 0 aliphatic carbocycles. The molecule has 1 fully saturated rings. The van der Waals surface area contributed by atoms with E-state index in [1.807, 2.05) is 30.3 Å². The number of nitrogens with zero attached hydrogens (tertiary/aromatic N) is 2. The maximum absolute atomic E-state index is 12.9. The number of urea groups is 1. The number of nitrogens with one attached hydrogen (secondary N) is 2. The Morgan fingerprint density at radius 2 is 1.96 bits per heavy atom. The number of fused-ring (bicyclic) bond motifs is 1. The van der Waals surface area contributed by atoms with Crippen LogP contribution in [0.2, 0.25) is 0 Å². The number of benzene rings is 2. The molecule has 2 heterocycles. The Bertz CT molecular complexity index is 968. The monoisotopic (exact) mass is 374 g/mol. The van der Waals surface area contributed by atoms with E-state index in [1.54, 1.807) is 4.90 Å². The summed E-state index contributed by atoms with van der Waals surface area (Å²) in [5.74, 6) is 0.576. The maximum Gasteiger partial charge on any atom is 0.416 e. The number of halogens is 3. The van der Waals surface area contributed by atoms with Crippen LogP contribution in [0.25, 0.3) is 11.0 Å². The normalized spacial score (nSPS) is 17.4. The third-order valence-corrected chi connectivity index (χ3v) is 4.71. The largest absolute Gasteiger partial charge is 0.416 e. The Labute approximate surface area is 153 Å². The molecule has 1 aliphatic heterocycles. The van der Waals surface area contributed by atoms with Crippen LogP contribution in [0.1, 0.15) is 23.7 Å². The van der Waals surface area contributed by atoms with E-state index in [1.165, 1.54) is 6.07 Å². The SMILES string of the molecule is O=C(Nc1ccccc1)N1CC[C@H](c2nc3ccc(C(F)(F)F)cc3[nH]2)C1. The first-order chi connectivity index (χ1) is 12.9. The first-order valence-electron chi connectivity index (χ1n) is 8.58. The van der Waals surface area contributed by atoms with Crippen LogP contribution in [0.15, 0.2) is 48.5 Å². The minimum absolute atomic E-state index is 0.0340. The van der Waals surface area contributed by atoms with Crippen molar-refractivity contribution in [2.75, 3.05) is 18.4 Å². The number of anilines is 1. The van der Waals surface area contributed by atoms with E-state index in [4.69, 9.17) is 0 Å². The summed E-state index contributed by atoms with van der Waals surface area (Å²) >= 11 is 0. The highest BCUT2D eigenvalue weighted by molar-refractivity contribution is 5.89. The summed E-state index contributed by atoms with van der Waals surface area (Å²) in [6.45, 7) is 1.03. The van der Waals surface area contributed by atoms with Crippen LogP contribution in [0, 0.1) is 0 Å². The minimum Gasteiger partial charge on any atom is -0.342 e. The number of aromatic amines is 1. The highest BCUT2D eigenvalue weighted by Crippen LogP contribution is 2.32. The summed E-state index contributed by atoms with van der Waals surface area (Å²) in [6.07, 6.45) is -3.69. The number of carbonyl (C=O) groups excluding carboxylic acids is 1. The lowest BCUT2D eigenvalue weighted by Crippen LogP contribution is -2.32. The molecule has 0 unspecified atom stereocenters. The molecule has 2 amide bonds. The molecule has 27 heavy (non-hydrogen) atoms. The molecule has 1 aromatic heterocycles. The molecule has 5 nitrogen and oxygen atoms in total. The number of hydrogen-bond acceptors (Lipinski definition) is 2. The zero-order chi connectivity index (χ0) is 19.0. The first-order valence-corrected chi connectivity index (χ1v) is 8.58. The van der Waals surface area contributed by atoms with Gasteiger partial charge in [-0.15, -0.1) is 0 Å². The topological polar surface area (TPSA) is 61.0 Å². The number of rotatable bonds is 2. The summed E-state index contributed by atoms with van der Waals surface area (Å²) in [7, 11) is 0. The predicted octanol–water partition coefficient (Wildman–Crippen LogP) is 4.60. The van der Waals surface area contributed by atoms with Gasteiger partial charge in [0, 0.05) is 24.7 Å². The van der Waals surface area contributed by atoms with E-state index < -0.39 is 11.7 Å². The molecule has 0 radical (unpaired) electrons. The minimum atomic E-state index is -4.39. The Morgan fingerprint density at radius 1 is 1.19 bits per heavy atom. The number of likely N-dealkylation sites (tertiary alicyclic amines) is 1. The van der Waals surface area contributed by atoms with Crippen LogP contribution in [0.3, 0.4) is 0 Å². The van der Waals surface area contributed by atoms with Gasteiger partial charge in [-0.1, -0.05) is 18.2 Å². The molecule has 0 spiro atoms. The van der Waals surface area contributed by atoms with E-state index in [2.05, 4.69) is 15.3 Å². The zero-order valence-corrected chi connectivity index (χ0v) is 14.3. The molecule has 8 heteroatoms. The van der Waals surface area contributed by atoms with Crippen LogP contribution in [-0.2, 0) is 6.18 Å². The number of aromatic nitrogens is 2. The lowest BCUT2D eigenvalue weighted by atomic mass is 10.1. The van der Waals surface area contributed by atoms with Gasteiger partial charge < -0.3 is 15.2 Å². The van der Waals surface area contributed by atoms with Gasteiger partial charge in [0.1, 0.15) is 5.82 Å². The van der Waals surface area contributed by atoms with Gasteiger partial charge >= 0.3 is 12.2 Å². The highest BCUT2D eigenvalue weighted by Gasteiger charge is 2.32. The fourth-order valence-corrected chi connectivity index (χ4v) is 3.29. The van der Waals surface area contributed by atoms with Crippen molar-refractivity contribution in [2.24, 2.45) is 0 Å². The van der Waals surface area contributed by atoms with Gasteiger partial charge in [-0.3, -0.25) is 0 Å². The number of hydrogen-bond donors (Lipinski definition) is 2. The van der Waals surface area contributed by atoms with Crippen LogP contribution in [-0.4, -0.2) is 34.0 Å². The third kappa shape index (κ3) is 3.60. The molecular weight excluding hydrogens is 357 g/mol. The molecule has 1 atom stereocenters. The average Bonchev–Trinajstić information content (AvgIpc) is 3.28. The van der Waals surface area contributed by atoms with Crippen LogP contribution >= 0.6 is 0 Å². The molecule has 2 N–H and O–H groups in total. The molecule has 4 rings (SSSR count). The number of carbonyl (C=O) groups is 1. The Balaban J connectivity index is 1.47. The molecule has 1 saturated heterocycles. The Hall–Kier alpha value is -3.03. The van der Waals surface area contributed by atoms with Crippen molar-refractivity contribution in [3.63, 3.8) is 0 Å². The fraction of sp³-hybridized carbons (Fsp3) is 0.263. The number of amides is 2. The summed E-state index contributed by atoms with van der Waals surface area (Å²) in [4.78, 5) is 21.5. The van der Waals surface area contributed by atoms with Crippen LogP contribution in [0.4, 0.5) is 23.7 Å². The highest BCUT2D eigenvalue weighted by atomic mass is 19.4. The summed E-state index contributed by atoms with van der Waals surface area (Å²) < 4.78 is 38.6. The lowest BCUT2D eigenvalue weighted by Gasteiger charge is -2.17. The number of H-pyrrole nitrogens is 1. The van der Waals surface area contributed by atoms with Gasteiger partial charge in [-0.2, -0.15) is 13.2 Å². The number of imidazole rings is 1. The molecule has 0 bridgehead atoms. The molecule has 1 aliphatic rings. The van der Waals surface area contributed by atoms with Crippen molar-refractivity contribution in [3.05, 3.63) is 59.9 Å². The molecule has 140 valence electrons. The second-order valence-electron chi connectivity index (χ2n) is 6.58. The van der Waals surface area contributed by atoms with Gasteiger partial charge in [-0.05, 0) is 36.8 Å². The molecule has 0 saturated carbocycles. The Kier molecular flexibility index (Phi) is 4.25. The summed E-state index contributed by atoms with van der Waals surface area (Å²) in [6, 6.07) is 12.4. The maximum atomic E-state index is 12.9. The van der Waals surface area contributed by atoms with E-state index in [9.17, 15) is 18.0 Å². The lowest BCUT2D eigenvalue weighted by molar-refractivity contribution is -0.137. The van der Waals surface area contributed by atoms with Gasteiger partial charge in [-0.25, -0.2) is 9.78 Å². The predicted molar refractivity (Wildman–Crippen MR) is 95.5 cm³/mol. The van der Waals surface area contributed by atoms with Gasteiger partial charge in [0.2, 0.25) is 0 Å². The van der Waals surface area contributed by atoms with Gasteiger partial charge in [0.15, 0.2) is 0 Å². The van der Waals surface area contributed by atoms with Crippen LogP contribution in [0.5, 0.6) is 0 Å². The quantitative estimate of drug-likeness (QED) is 0.689. The standard InChI is InChI=1S/C19H17F3N4O/c20-19(21,22)13-6-7-15-16(10-13)25-17(24-15)12-8-9-26(11-12)18(27)23-14-4-2-1-3-5-14/h1-7,10,12H,8-9,11H2,(H,23,27)(H,24,25)/t12-/m0/s1. The third-order valence-electron chi connectivity index (χ3n) is 4.71. The zero-order valence-electron chi connectivity index (χ0n) is 14.3. The van der Waals surface area contributed by atoms with Gasteiger partial charge in [0.25, 0.3) is 0 Å². The van der Waals surface area contributed by atoms with Crippen molar-refractivity contribution in [1.82, 2.24) is 14.9 Å². The van der Waals surface area contributed by atoms with Crippen molar-refractivity contribution in [3.8, 4) is 0 Å². The molecule has 3 aromatic rings. The van der Waals surface area contributed by atoms with E-state index in [-0.39, 0.29) is 11.9 Å². The van der Waals surface area contributed by atoms with E-state index in [0.717, 1.165) is 17.8 Å². The summed E-state index contributed by atoms with van der Waals surface area (Å²) in [5, 5.41) is 2.84. The van der Waals surface area contributed by atoms with Crippen LogP contribution < -0.4 is 5.32 Å². The van der Waals surface area contributed by atoms with E-state index >= 15 is 0 Å². The average molecular weight is 374 g/mol. The van der Waals surface area contributed by atoms with Crippen molar-refractivity contribution in [2.45, 2.75) is 18.5 Å².